The van der Waals surface area contributed by atoms with Crippen LogP contribution in [0.2, 0.25) is 0 Å². The zero-order chi connectivity index (χ0) is 21.8. The molecule has 0 amide bonds. The molecule has 1 N–H and O–H groups in total. The SMILES string of the molecule is O=Cc1ccc(-c2ccc3ncc(C#Cc4ccnc(Nc5ccncc5)c4)n3n2)cc1. The van der Waals surface area contributed by atoms with Crippen molar-refractivity contribution in [1.82, 2.24) is 24.6 Å². The van der Waals surface area contributed by atoms with Crippen LogP contribution in [0.5, 0.6) is 0 Å². The number of nitrogens with one attached hydrogen (secondary N) is 1. The van der Waals surface area contributed by atoms with E-state index in [0.29, 0.717) is 22.7 Å². The summed E-state index contributed by atoms with van der Waals surface area (Å²) in [7, 11) is 0. The summed E-state index contributed by atoms with van der Waals surface area (Å²) in [6.07, 6.45) is 7.66. The molecule has 5 rings (SSSR count). The predicted octanol–water partition coefficient (Wildman–Crippen LogP) is 4.14. The van der Waals surface area contributed by atoms with E-state index < -0.39 is 0 Å². The predicted molar refractivity (Wildman–Crippen MR) is 122 cm³/mol. The number of anilines is 2. The third kappa shape index (κ3) is 4.06. The van der Waals surface area contributed by atoms with Crippen molar-refractivity contribution in [3.8, 4) is 23.1 Å². The molecule has 0 aliphatic carbocycles. The van der Waals surface area contributed by atoms with Gasteiger partial charge in [-0.25, -0.2) is 14.5 Å². The highest BCUT2D eigenvalue weighted by molar-refractivity contribution is 5.76. The molecule has 4 aromatic heterocycles. The van der Waals surface area contributed by atoms with E-state index in [2.05, 4.69) is 37.2 Å². The smallest absolute Gasteiger partial charge is 0.154 e. The van der Waals surface area contributed by atoms with Crippen molar-refractivity contribution in [1.29, 1.82) is 0 Å². The Bertz CT molecular complexity index is 1460. The van der Waals surface area contributed by atoms with Gasteiger partial charge in [0.25, 0.3) is 0 Å². The third-order valence-corrected chi connectivity index (χ3v) is 4.75. The maximum Gasteiger partial charge on any atom is 0.154 e. The summed E-state index contributed by atoms with van der Waals surface area (Å²) in [6, 6.07) is 18.5. The molecular formula is C25H16N6O. The molecule has 4 heterocycles. The van der Waals surface area contributed by atoms with Gasteiger partial charge in [0.15, 0.2) is 5.65 Å². The van der Waals surface area contributed by atoms with E-state index in [4.69, 9.17) is 0 Å². The van der Waals surface area contributed by atoms with Crippen LogP contribution in [-0.4, -0.2) is 30.9 Å². The van der Waals surface area contributed by atoms with Gasteiger partial charge in [-0.05, 0) is 42.3 Å². The lowest BCUT2D eigenvalue weighted by molar-refractivity contribution is 0.112. The molecule has 0 spiro atoms. The second-order valence-corrected chi connectivity index (χ2v) is 6.91. The van der Waals surface area contributed by atoms with Crippen molar-refractivity contribution in [3.05, 3.63) is 102 Å². The standard InChI is InChI=1S/C25H16N6O/c32-17-19-1-4-20(5-2-19)23-7-8-25-28-16-22(31(25)30-23)6-3-18-9-14-27-24(15-18)29-21-10-12-26-13-11-21/h1-2,4-5,7-17H,(H,26,27,29). The molecule has 152 valence electrons. The fraction of sp³-hybridized carbons (Fsp3) is 0. The Morgan fingerprint density at radius 2 is 1.72 bits per heavy atom. The van der Waals surface area contributed by atoms with Crippen LogP contribution >= 0.6 is 0 Å². The van der Waals surface area contributed by atoms with Gasteiger partial charge in [0.2, 0.25) is 0 Å². The van der Waals surface area contributed by atoms with E-state index in [1.54, 1.807) is 41.4 Å². The number of aldehydes is 1. The molecule has 0 unspecified atom stereocenters. The minimum absolute atomic E-state index is 0.624. The monoisotopic (exact) mass is 416 g/mol. The number of hydrogen-bond donors (Lipinski definition) is 1. The Labute approximate surface area is 183 Å². The fourth-order valence-electron chi connectivity index (χ4n) is 3.14. The highest BCUT2D eigenvalue weighted by atomic mass is 16.1. The van der Waals surface area contributed by atoms with Crippen LogP contribution in [0.15, 0.2) is 85.5 Å². The van der Waals surface area contributed by atoms with Crippen LogP contribution in [0.3, 0.4) is 0 Å². The van der Waals surface area contributed by atoms with Crippen molar-refractivity contribution in [2.75, 3.05) is 5.32 Å². The first-order chi connectivity index (χ1) is 15.8. The molecule has 7 nitrogen and oxygen atoms in total. The van der Waals surface area contributed by atoms with Crippen molar-refractivity contribution in [2.24, 2.45) is 0 Å². The normalized spacial score (nSPS) is 10.4. The molecule has 0 radical (unpaired) electrons. The summed E-state index contributed by atoms with van der Waals surface area (Å²) in [5, 5.41) is 7.91. The van der Waals surface area contributed by atoms with Crippen LogP contribution in [0.4, 0.5) is 11.5 Å². The summed E-state index contributed by atoms with van der Waals surface area (Å²) >= 11 is 0. The summed E-state index contributed by atoms with van der Waals surface area (Å²) in [5.41, 5.74) is 5.39. The van der Waals surface area contributed by atoms with E-state index in [1.165, 1.54) is 0 Å². The number of rotatable bonds is 4. The maximum atomic E-state index is 10.9. The lowest BCUT2D eigenvalue weighted by Crippen LogP contribution is -1.97. The summed E-state index contributed by atoms with van der Waals surface area (Å²) < 4.78 is 1.72. The zero-order valence-electron chi connectivity index (χ0n) is 16.8. The fourth-order valence-corrected chi connectivity index (χ4v) is 3.14. The molecule has 0 atom stereocenters. The van der Waals surface area contributed by atoms with E-state index in [9.17, 15) is 4.79 Å². The number of benzene rings is 1. The van der Waals surface area contributed by atoms with Gasteiger partial charge < -0.3 is 5.32 Å². The third-order valence-electron chi connectivity index (χ3n) is 4.75. The highest BCUT2D eigenvalue weighted by Gasteiger charge is 2.06. The van der Waals surface area contributed by atoms with Gasteiger partial charge in [0.05, 0.1) is 11.9 Å². The van der Waals surface area contributed by atoms with Gasteiger partial charge in [0.1, 0.15) is 17.8 Å². The molecule has 0 aliphatic heterocycles. The van der Waals surface area contributed by atoms with E-state index in [0.717, 1.165) is 28.8 Å². The van der Waals surface area contributed by atoms with Crippen molar-refractivity contribution in [2.45, 2.75) is 0 Å². The topological polar surface area (TPSA) is 85.1 Å². The molecule has 5 aromatic rings. The zero-order valence-corrected chi connectivity index (χ0v) is 16.8. The van der Waals surface area contributed by atoms with Gasteiger partial charge in [-0.3, -0.25) is 9.78 Å². The molecule has 0 saturated carbocycles. The van der Waals surface area contributed by atoms with Crippen molar-refractivity contribution < 1.29 is 4.79 Å². The Morgan fingerprint density at radius 3 is 2.53 bits per heavy atom. The Morgan fingerprint density at radius 1 is 0.875 bits per heavy atom. The number of aromatic nitrogens is 5. The Kier molecular flexibility index (Phi) is 5.09. The van der Waals surface area contributed by atoms with Gasteiger partial charge in [-0.1, -0.05) is 30.2 Å². The summed E-state index contributed by atoms with van der Waals surface area (Å²) in [5.74, 6) is 7.00. The number of fused-ring (bicyclic) bond motifs is 1. The highest BCUT2D eigenvalue weighted by Crippen LogP contribution is 2.18. The van der Waals surface area contributed by atoms with Gasteiger partial charge in [0, 0.05) is 41.0 Å². The van der Waals surface area contributed by atoms with Crippen molar-refractivity contribution in [3.63, 3.8) is 0 Å². The average molecular weight is 416 g/mol. The van der Waals surface area contributed by atoms with Crippen LogP contribution in [0.25, 0.3) is 16.9 Å². The molecule has 0 bridgehead atoms. The molecule has 0 fully saturated rings. The van der Waals surface area contributed by atoms with Crippen LogP contribution in [-0.2, 0) is 0 Å². The lowest BCUT2D eigenvalue weighted by atomic mass is 10.1. The number of carbonyl (C=O) groups is 1. The number of pyridine rings is 2. The Balaban J connectivity index is 1.44. The first kappa shape index (κ1) is 19.2. The largest absolute Gasteiger partial charge is 0.340 e. The first-order valence-electron chi connectivity index (χ1n) is 9.84. The second-order valence-electron chi connectivity index (χ2n) is 6.91. The van der Waals surface area contributed by atoms with E-state index in [1.807, 2.05) is 48.5 Å². The average Bonchev–Trinajstić information content (AvgIpc) is 3.26. The minimum atomic E-state index is 0.624. The van der Waals surface area contributed by atoms with E-state index in [-0.39, 0.29) is 0 Å². The molecule has 1 aromatic carbocycles. The lowest BCUT2D eigenvalue weighted by Gasteiger charge is -2.04. The number of imidazole rings is 1. The number of nitrogens with zero attached hydrogens (tertiary/aromatic N) is 5. The summed E-state index contributed by atoms with van der Waals surface area (Å²) in [4.78, 5) is 23.6. The van der Waals surface area contributed by atoms with Gasteiger partial charge >= 0.3 is 0 Å². The number of carbonyl (C=O) groups excluding carboxylic acids is 1. The quantitative estimate of drug-likeness (QED) is 0.350. The van der Waals surface area contributed by atoms with Crippen LogP contribution < -0.4 is 5.32 Å². The molecule has 0 aliphatic rings. The first-order valence-corrected chi connectivity index (χ1v) is 9.84. The van der Waals surface area contributed by atoms with Crippen LogP contribution in [0.1, 0.15) is 21.6 Å². The molecule has 32 heavy (non-hydrogen) atoms. The van der Waals surface area contributed by atoms with Gasteiger partial charge in [-0.2, -0.15) is 5.10 Å². The second kappa shape index (κ2) is 8.50. The minimum Gasteiger partial charge on any atom is -0.340 e. The van der Waals surface area contributed by atoms with E-state index >= 15 is 0 Å². The molecule has 0 saturated heterocycles. The number of hydrogen-bond acceptors (Lipinski definition) is 6. The Hall–Kier alpha value is -4.83. The molecule has 7 heteroatoms. The molecular weight excluding hydrogens is 400 g/mol. The van der Waals surface area contributed by atoms with Gasteiger partial charge in [-0.15, -0.1) is 0 Å². The summed E-state index contributed by atoms with van der Waals surface area (Å²) in [6.45, 7) is 0. The maximum absolute atomic E-state index is 10.9. The van der Waals surface area contributed by atoms with Crippen molar-refractivity contribution >= 4 is 23.4 Å². The van der Waals surface area contributed by atoms with Crippen LogP contribution in [0, 0.1) is 11.8 Å².